The molecule has 1 aliphatic heterocycles. The molecule has 0 bridgehead atoms. The molecular weight excluding hydrogens is 346 g/mol. The maximum Gasteiger partial charge on any atom is 0.341 e. The minimum Gasteiger partial charge on any atom is -0.496 e. The van der Waals surface area contributed by atoms with E-state index in [0.717, 1.165) is 36.5 Å². The zero-order valence-corrected chi connectivity index (χ0v) is 16.7. The molecule has 2 rings (SSSR count). The predicted molar refractivity (Wildman–Crippen MR) is 104 cm³/mol. The van der Waals surface area contributed by atoms with Gasteiger partial charge in [-0.2, -0.15) is 0 Å². The van der Waals surface area contributed by atoms with Crippen molar-refractivity contribution in [2.24, 2.45) is 10.9 Å². The maximum absolute atomic E-state index is 12.5. The highest BCUT2D eigenvalue weighted by atomic mass is 16.5. The first-order chi connectivity index (χ1) is 12.9. The van der Waals surface area contributed by atoms with E-state index >= 15 is 0 Å². The average molecular weight is 375 g/mol. The highest BCUT2D eigenvalue weighted by molar-refractivity contribution is 6.08. The van der Waals surface area contributed by atoms with E-state index in [1.165, 1.54) is 0 Å². The van der Waals surface area contributed by atoms with Crippen molar-refractivity contribution in [3.63, 3.8) is 0 Å². The summed E-state index contributed by atoms with van der Waals surface area (Å²) in [4.78, 5) is 30.6. The molecule has 0 aliphatic carbocycles. The predicted octanol–water partition coefficient (Wildman–Crippen LogP) is 2.94. The Labute approximate surface area is 160 Å². The number of hydrogen-bond acceptors (Lipinski definition) is 5. The lowest BCUT2D eigenvalue weighted by molar-refractivity contribution is -0.146. The summed E-state index contributed by atoms with van der Waals surface area (Å²) in [6.45, 7) is 10.5. The van der Waals surface area contributed by atoms with Crippen LogP contribution in [0.25, 0.3) is 0 Å². The number of urea groups is 1. The summed E-state index contributed by atoms with van der Waals surface area (Å²) in [7, 11) is 1.64. The van der Waals surface area contributed by atoms with Crippen LogP contribution >= 0.6 is 0 Å². The number of amides is 2. The quantitative estimate of drug-likeness (QED) is 0.707. The Hall–Kier alpha value is -2.41. The lowest BCUT2D eigenvalue weighted by atomic mass is 9.87. The van der Waals surface area contributed by atoms with Gasteiger partial charge in [-0.3, -0.25) is 9.69 Å². The molecule has 148 valence electrons. The molecule has 0 aromatic heterocycles. The second-order valence-electron chi connectivity index (χ2n) is 6.44. The summed E-state index contributed by atoms with van der Waals surface area (Å²) in [5.41, 5.74) is 2.30. The Morgan fingerprint density at radius 3 is 2.56 bits per heavy atom. The minimum atomic E-state index is -0.641. The molecule has 2 unspecified atom stereocenters. The smallest absolute Gasteiger partial charge is 0.341 e. The third kappa shape index (κ3) is 4.86. The third-order valence-corrected chi connectivity index (χ3v) is 4.83. The standard InChI is InChI=1S/C20H29N3O4/c1-6-23(7-2)12-15-11-14(9-10-16(15)26-5)18-17(19(24)27-8-3)13(4)21-20(25)22-18/h9-11,17-18H,6-8,12H2,1-5H3,(H,22,25). The zero-order chi connectivity index (χ0) is 20.0. The normalized spacial score (nSPS) is 19.5. The van der Waals surface area contributed by atoms with Crippen molar-refractivity contribution in [3.05, 3.63) is 29.3 Å². The van der Waals surface area contributed by atoms with Crippen LogP contribution in [-0.4, -0.2) is 49.4 Å². The van der Waals surface area contributed by atoms with Crippen LogP contribution in [0.4, 0.5) is 4.79 Å². The molecule has 1 aliphatic rings. The molecule has 0 fully saturated rings. The summed E-state index contributed by atoms with van der Waals surface area (Å²) in [5, 5.41) is 2.82. The van der Waals surface area contributed by atoms with Gasteiger partial charge in [0.15, 0.2) is 0 Å². The Morgan fingerprint density at radius 1 is 1.26 bits per heavy atom. The van der Waals surface area contributed by atoms with Crippen molar-refractivity contribution >= 4 is 17.7 Å². The fourth-order valence-electron chi connectivity index (χ4n) is 3.34. The van der Waals surface area contributed by atoms with Crippen LogP contribution in [0.15, 0.2) is 23.2 Å². The molecule has 1 heterocycles. The van der Waals surface area contributed by atoms with Crippen LogP contribution in [0, 0.1) is 5.92 Å². The van der Waals surface area contributed by atoms with Crippen molar-refractivity contribution in [3.8, 4) is 5.75 Å². The monoisotopic (exact) mass is 375 g/mol. The van der Waals surface area contributed by atoms with Crippen molar-refractivity contribution in [2.75, 3.05) is 26.8 Å². The van der Waals surface area contributed by atoms with E-state index in [1.807, 2.05) is 18.2 Å². The molecule has 0 saturated heterocycles. The van der Waals surface area contributed by atoms with Gasteiger partial charge in [0.25, 0.3) is 0 Å². The van der Waals surface area contributed by atoms with E-state index in [4.69, 9.17) is 9.47 Å². The Morgan fingerprint density at radius 2 is 1.96 bits per heavy atom. The van der Waals surface area contributed by atoms with Gasteiger partial charge in [0.1, 0.15) is 11.7 Å². The number of benzene rings is 1. The molecular formula is C20H29N3O4. The van der Waals surface area contributed by atoms with Gasteiger partial charge in [-0.05, 0) is 44.6 Å². The second kappa shape index (κ2) is 9.50. The highest BCUT2D eigenvalue weighted by Crippen LogP contribution is 2.31. The molecule has 7 nitrogen and oxygen atoms in total. The number of carbonyl (C=O) groups excluding carboxylic acids is 2. The minimum absolute atomic E-state index is 0.277. The first-order valence-corrected chi connectivity index (χ1v) is 9.36. The summed E-state index contributed by atoms with van der Waals surface area (Å²) < 4.78 is 10.7. The topological polar surface area (TPSA) is 80.2 Å². The Kier molecular flexibility index (Phi) is 7.36. The summed E-state index contributed by atoms with van der Waals surface area (Å²) in [6.07, 6.45) is 0. The van der Waals surface area contributed by atoms with Gasteiger partial charge in [0, 0.05) is 17.8 Å². The van der Waals surface area contributed by atoms with Gasteiger partial charge in [-0.1, -0.05) is 19.9 Å². The molecule has 2 amide bonds. The second-order valence-corrected chi connectivity index (χ2v) is 6.44. The van der Waals surface area contributed by atoms with E-state index in [-0.39, 0.29) is 12.6 Å². The van der Waals surface area contributed by atoms with Gasteiger partial charge < -0.3 is 14.8 Å². The van der Waals surface area contributed by atoms with E-state index in [1.54, 1.807) is 21.0 Å². The van der Waals surface area contributed by atoms with Crippen molar-refractivity contribution in [1.29, 1.82) is 0 Å². The SMILES string of the molecule is CCOC(=O)C1C(C)=NC(=O)NC1c1ccc(OC)c(CN(CC)CC)c1. The number of carbonyl (C=O) groups is 2. The molecule has 1 aromatic rings. The molecule has 2 atom stereocenters. The lowest BCUT2D eigenvalue weighted by Gasteiger charge is -2.30. The average Bonchev–Trinajstić information content (AvgIpc) is 2.65. The molecule has 1 aromatic carbocycles. The largest absolute Gasteiger partial charge is 0.496 e. The van der Waals surface area contributed by atoms with E-state index < -0.39 is 18.0 Å². The molecule has 1 N–H and O–H groups in total. The van der Waals surface area contributed by atoms with Crippen LogP contribution in [0.3, 0.4) is 0 Å². The number of nitrogens with zero attached hydrogens (tertiary/aromatic N) is 2. The number of methoxy groups -OCH3 is 1. The van der Waals surface area contributed by atoms with E-state index in [2.05, 4.69) is 29.1 Å². The van der Waals surface area contributed by atoms with E-state index in [9.17, 15) is 9.59 Å². The van der Waals surface area contributed by atoms with Crippen LogP contribution in [0.1, 0.15) is 44.9 Å². The molecule has 0 radical (unpaired) electrons. The van der Waals surface area contributed by atoms with Crippen LogP contribution in [0.5, 0.6) is 5.75 Å². The van der Waals surface area contributed by atoms with Gasteiger partial charge in [-0.25, -0.2) is 9.79 Å². The van der Waals surface area contributed by atoms with Gasteiger partial charge in [-0.15, -0.1) is 0 Å². The van der Waals surface area contributed by atoms with Gasteiger partial charge in [0.05, 0.1) is 19.8 Å². The number of esters is 1. The third-order valence-electron chi connectivity index (χ3n) is 4.83. The Bertz CT molecular complexity index is 713. The van der Waals surface area contributed by atoms with Crippen LogP contribution < -0.4 is 10.1 Å². The number of rotatable bonds is 8. The van der Waals surface area contributed by atoms with Crippen molar-refractivity contribution in [1.82, 2.24) is 10.2 Å². The van der Waals surface area contributed by atoms with Crippen LogP contribution in [0.2, 0.25) is 0 Å². The molecule has 0 spiro atoms. The maximum atomic E-state index is 12.5. The number of ether oxygens (including phenoxy) is 2. The van der Waals surface area contributed by atoms with Gasteiger partial charge in [0.2, 0.25) is 0 Å². The summed E-state index contributed by atoms with van der Waals surface area (Å²) >= 11 is 0. The molecule has 27 heavy (non-hydrogen) atoms. The number of aliphatic imine (C=N–C) groups is 1. The fraction of sp³-hybridized carbons (Fsp3) is 0.550. The molecule has 0 saturated carbocycles. The number of hydrogen-bond donors (Lipinski definition) is 1. The Balaban J connectivity index is 2.43. The first kappa shape index (κ1) is 20.9. The van der Waals surface area contributed by atoms with Crippen molar-refractivity contribution in [2.45, 2.75) is 40.3 Å². The van der Waals surface area contributed by atoms with Gasteiger partial charge >= 0.3 is 12.0 Å². The summed E-state index contributed by atoms with van der Waals surface area (Å²) in [5.74, 6) is -0.243. The first-order valence-electron chi connectivity index (χ1n) is 9.36. The molecule has 7 heteroatoms. The zero-order valence-electron chi connectivity index (χ0n) is 16.7. The fourth-order valence-corrected chi connectivity index (χ4v) is 3.34. The lowest BCUT2D eigenvalue weighted by Crippen LogP contribution is -2.44. The highest BCUT2D eigenvalue weighted by Gasteiger charge is 2.38. The summed E-state index contributed by atoms with van der Waals surface area (Å²) in [6, 6.07) is 4.78. The van der Waals surface area contributed by atoms with Crippen molar-refractivity contribution < 1.29 is 19.1 Å². The van der Waals surface area contributed by atoms with E-state index in [0.29, 0.717) is 5.71 Å². The van der Waals surface area contributed by atoms with Crippen LogP contribution in [-0.2, 0) is 16.1 Å². The number of nitrogens with one attached hydrogen (secondary N) is 1.